The van der Waals surface area contributed by atoms with Gasteiger partial charge in [0.25, 0.3) is 0 Å². The molecule has 0 aromatic heterocycles. The van der Waals surface area contributed by atoms with E-state index in [1.165, 1.54) is 24.3 Å². The maximum Gasteiger partial charge on any atom is 2.00 e. The maximum atomic E-state index is 10.6. The van der Waals surface area contributed by atoms with E-state index in [9.17, 15) is 19.8 Å². The summed E-state index contributed by atoms with van der Waals surface area (Å²) in [4.78, 5) is 20.1. The summed E-state index contributed by atoms with van der Waals surface area (Å²) in [6, 6.07) is 12.2. The molecule has 21 heavy (non-hydrogen) atoms. The number of benzene rings is 2. The van der Waals surface area contributed by atoms with E-state index in [4.69, 9.17) is 0 Å². The third-order valence-electron chi connectivity index (χ3n) is 2.09. The molecule has 116 valence electrons. The molecule has 0 unspecified atom stereocenters. The van der Waals surface area contributed by atoms with E-state index in [0.717, 1.165) is 0 Å². The number of hydrogen-bond acceptors (Lipinski definition) is 4. The summed E-state index contributed by atoms with van der Waals surface area (Å²) in [6.45, 7) is 0. The Balaban J connectivity index is -0.000000270. The monoisotopic (exact) mass is 336 g/mol. The van der Waals surface area contributed by atoms with E-state index >= 15 is 0 Å². The normalized spacial score (nSPS) is 7.62. The molecule has 0 aliphatic carbocycles. The van der Waals surface area contributed by atoms with Crippen LogP contribution in [0, 0.1) is 0 Å². The van der Waals surface area contributed by atoms with Crippen LogP contribution in [0.1, 0.15) is 20.7 Å². The molecule has 0 aliphatic heterocycles. The summed E-state index contributed by atoms with van der Waals surface area (Å²) in [5.74, 6) is -0.431. The van der Waals surface area contributed by atoms with Crippen molar-refractivity contribution in [2.75, 3.05) is 0 Å². The van der Waals surface area contributed by atoms with Gasteiger partial charge in [-0.05, 0) is 0 Å². The van der Waals surface area contributed by atoms with Gasteiger partial charge in [0.15, 0.2) is 0 Å². The molecule has 4 N–H and O–H groups in total. The summed E-state index contributed by atoms with van der Waals surface area (Å²) >= 11 is 0. The van der Waals surface area contributed by atoms with Gasteiger partial charge in [-0.25, -0.2) is 0 Å². The molecular formula is C14H14NiO6. The molecule has 0 radical (unpaired) electrons. The second-order valence-corrected chi connectivity index (χ2v) is 3.31. The van der Waals surface area contributed by atoms with E-state index < -0.39 is 0 Å². The van der Waals surface area contributed by atoms with E-state index in [0.29, 0.717) is 12.6 Å². The van der Waals surface area contributed by atoms with Crippen molar-refractivity contribution in [1.82, 2.24) is 0 Å². The topological polar surface area (TPSA) is 143 Å². The molecule has 0 saturated carbocycles. The largest absolute Gasteiger partial charge is 2.00 e. The molecule has 0 aliphatic rings. The van der Waals surface area contributed by atoms with E-state index in [1.54, 1.807) is 24.3 Å². The minimum atomic E-state index is -0.215. The molecule has 2 aromatic carbocycles. The molecule has 0 saturated heterocycles. The van der Waals surface area contributed by atoms with Crippen molar-refractivity contribution >= 4 is 12.6 Å². The second-order valence-electron chi connectivity index (χ2n) is 3.31. The molecule has 0 bridgehead atoms. The third kappa shape index (κ3) is 7.84. The minimum absolute atomic E-state index is 0. The Kier molecular flexibility index (Phi) is 14.5. The van der Waals surface area contributed by atoms with Crippen LogP contribution in [0.2, 0.25) is 0 Å². The predicted molar refractivity (Wildman–Crippen MR) is 69.8 cm³/mol. The number of aldehydes is 2. The van der Waals surface area contributed by atoms with Crippen molar-refractivity contribution in [3.63, 3.8) is 0 Å². The first-order valence-electron chi connectivity index (χ1n) is 5.11. The van der Waals surface area contributed by atoms with Crippen LogP contribution in [0.15, 0.2) is 48.5 Å². The summed E-state index contributed by atoms with van der Waals surface area (Å²) in [7, 11) is 0. The van der Waals surface area contributed by atoms with Crippen LogP contribution in [0.3, 0.4) is 0 Å². The van der Waals surface area contributed by atoms with Crippen LogP contribution >= 0.6 is 0 Å². The van der Waals surface area contributed by atoms with Gasteiger partial charge in [0.2, 0.25) is 0 Å². The molecule has 2 aromatic rings. The van der Waals surface area contributed by atoms with Gasteiger partial charge < -0.3 is 21.2 Å². The molecule has 7 heteroatoms. The zero-order chi connectivity index (χ0) is 13.4. The summed E-state index contributed by atoms with van der Waals surface area (Å²) in [6.07, 6.45) is 1.12. The van der Waals surface area contributed by atoms with Crippen molar-refractivity contribution < 1.29 is 47.2 Å². The first kappa shape index (κ1) is 23.9. The third-order valence-corrected chi connectivity index (χ3v) is 2.09. The van der Waals surface area contributed by atoms with Gasteiger partial charge in [-0.1, -0.05) is 60.0 Å². The molecule has 0 fully saturated rings. The van der Waals surface area contributed by atoms with E-state index in [1.807, 2.05) is 0 Å². The zero-order valence-corrected chi connectivity index (χ0v) is 11.7. The summed E-state index contributed by atoms with van der Waals surface area (Å²) in [5.41, 5.74) is 0.440. The number of carbonyl (C=O) groups excluding carboxylic acids is 2. The zero-order valence-electron chi connectivity index (χ0n) is 10.7. The number of rotatable bonds is 2. The first-order chi connectivity index (χ1) is 8.69. The van der Waals surface area contributed by atoms with Crippen LogP contribution < -0.4 is 10.2 Å². The Bertz CT molecular complexity index is 495. The summed E-state index contributed by atoms with van der Waals surface area (Å²) < 4.78 is 0. The van der Waals surface area contributed by atoms with Crippen molar-refractivity contribution in [2.24, 2.45) is 0 Å². The van der Waals surface area contributed by atoms with Gasteiger partial charge in [-0.3, -0.25) is 9.59 Å². The number of hydrogen-bond donors (Lipinski definition) is 0. The Morgan fingerprint density at radius 3 is 1.14 bits per heavy atom. The van der Waals surface area contributed by atoms with Crippen LogP contribution in [0.5, 0.6) is 11.5 Å². The van der Waals surface area contributed by atoms with Crippen molar-refractivity contribution in [3.05, 3.63) is 59.7 Å². The molecule has 0 spiro atoms. The van der Waals surface area contributed by atoms with Crippen molar-refractivity contribution in [2.45, 2.75) is 0 Å². The molecule has 6 nitrogen and oxygen atoms in total. The Hall–Kier alpha value is -2.21. The van der Waals surface area contributed by atoms with Crippen LogP contribution in [-0.2, 0) is 16.5 Å². The molecular weight excluding hydrogens is 323 g/mol. The predicted octanol–water partition coefficient (Wildman–Crippen LogP) is -0.507. The Morgan fingerprint density at radius 1 is 0.667 bits per heavy atom. The van der Waals surface area contributed by atoms with Crippen molar-refractivity contribution in [3.8, 4) is 11.5 Å². The van der Waals surface area contributed by atoms with Gasteiger partial charge in [0.1, 0.15) is 12.6 Å². The number of para-hydroxylation sites is 2. The fourth-order valence-electron chi connectivity index (χ4n) is 1.16. The van der Waals surface area contributed by atoms with Gasteiger partial charge in [-0.2, -0.15) is 0 Å². The molecule has 0 heterocycles. The quantitative estimate of drug-likeness (QED) is 0.537. The maximum absolute atomic E-state index is 10.6. The van der Waals surface area contributed by atoms with Gasteiger partial charge in [0, 0.05) is 11.1 Å². The first-order valence-corrected chi connectivity index (χ1v) is 5.11. The van der Waals surface area contributed by atoms with Crippen LogP contribution in [0.25, 0.3) is 0 Å². The van der Waals surface area contributed by atoms with Crippen LogP contribution in [0.4, 0.5) is 0 Å². The smallest absolute Gasteiger partial charge is 0.872 e. The summed E-state index contributed by atoms with van der Waals surface area (Å²) in [5, 5.41) is 21.2. The van der Waals surface area contributed by atoms with Gasteiger partial charge in [0.05, 0.1) is 0 Å². The molecule has 2 rings (SSSR count). The number of carbonyl (C=O) groups is 2. The van der Waals surface area contributed by atoms with Gasteiger partial charge in [-0.15, -0.1) is 0 Å². The molecule has 0 atom stereocenters. The average Bonchev–Trinajstić information content (AvgIpc) is 2.41. The second kappa shape index (κ2) is 12.8. The standard InChI is InChI=1S/2C7H6O2.Ni.2H2O/c2*8-5-6-3-1-2-4-7(6)9;;;/h2*1-5,9H;;2*1H2/q;;+2;;/p-2. The van der Waals surface area contributed by atoms with E-state index in [2.05, 4.69) is 0 Å². The van der Waals surface area contributed by atoms with Gasteiger partial charge >= 0.3 is 16.5 Å². The van der Waals surface area contributed by atoms with E-state index in [-0.39, 0.29) is 50.1 Å². The SMILES string of the molecule is O.O.O=Cc1ccccc1[O-].O=Cc1ccccc1[O-].[Ni+2]. The Labute approximate surface area is 131 Å². The van der Waals surface area contributed by atoms with Crippen molar-refractivity contribution in [1.29, 1.82) is 0 Å². The van der Waals surface area contributed by atoms with Crippen LogP contribution in [-0.4, -0.2) is 23.5 Å². The minimum Gasteiger partial charge on any atom is -0.872 e. The molecule has 0 amide bonds. The average molecular weight is 337 g/mol. The Morgan fingerprint density at radius 2 is 0.952 bits per heavy atom. The fourth-order valence-corrected chi connectivity index (χ4v) is 1.16. The fraction of sp³-hybridized carbons (Fsp3) is 0.